The summed E-state index contributed by atoms with van der Waals surface area (Å²) in [5.41, 5.74) is 0.898. The molecule has 1 atom stereocenters. The number of pyridine rings is 1. The van der Waals surface area contributed by atoms with Crippen molar-refractivity contribution in [2.45, 2.75) is 38.8 Å². The molecule has 2 heterocycles. The maximum absolute atomic E-state index is 5.77. The number of nitrogens with zero attached hydrogens (tertiary/aromatic N) is 2. The fourth-order valence-corrected chi connectivity index (χ4v) is 2.24. The molecular formula is C15H24N4O. The number of guanidine groups is 1. The van der Waals surface area contributed by atoms with E-state index in [9.17, 15) is 0 Å². The summed E-state index contributed by atoms with van der Waals surface area (Å²) in [4.78, 5) is 8.83. The standard InChI is InChI=1S/C15H24N4O/c1-3-16-14(18-11-13-7-4-5-9-17-13)19-12-15(2)8-6-10-20-15/h4-5,7,9H,3,6,8,10-12H2,1-2H3,(H2,16,18,19). The van der Waals surface area contributed by atoms with Gasteiger partial charge in [0.05, 0.1) is 17.8 Å². The predicted molar refractivity (Wildman–Crippen MR) is 80.6 cm³/mol. The topological polar surface area (TPSA) is 58.5 Å². The molecule has 0 bridgehead atoms. The van der Waals surface area contributed by atoms with Crippen LogP contribution in [0.15, 0.2) is 29.4 Å². The Hall–Kier alpha value is -1.62. The molecule has 0 spiro atoms. The number of rotatable bonds is 5. The lowest BCUT2D eigenvalue weighted by Gasteiger charge is -2.24. The molecule has 1 aliphatic rings. The van der Waals surface area contributed by atoms with Crippen molar-refractivity contribution >= 4 is 5.96 Å². The zero-order valence-corrected chi connectivity index (χ0v) is 12.4. The molecule has 0 amide bonds. The maximum atomic E-state index is 5.77. The van der Waals surface area contributed by atoms with Gasteiger partial charge in [-0.2, -0.15) is 0 Å². The summed E-state index contributed by atoms with van der Waals surface area (Å²) in [6.07, 6.45) is 4.03. The highest BCUT2D eigenvalue weighted by atomic mass is 16.5. The average Bonchev–Trinajstić information content (AvgIpc) is 2.90. The maximum Gasteiger partial charge on any atom is 0.191 e. The Bertz CT molecular complexity index is 427. The van der Waals surface area contributed by atoms with Crippen molar-refractivity contribution < 1.29 is 4.74 Å². The summed E-state index contributed by atoms with van der Waals surface area (Å²) in [5.74, 6) is 0.815. The zero-order valence-electron chi connectivity index (χ0n) is 12.4. The first-order valence-corrected chi connectivity index (χ1v) is 7.28. The second kappa shape index (κ2) is 7.24. The second-order valence-electron chi connectivity index (χ2n) is 5.27. The first-order chi connectivity index (χ1) is 9.72. The number of ether oxygens (including phenoxy) is 1. The Kier molecular flexibility index (Phi) is 5.35. The van der Waals surface area contributed by atoms with E-state index < -0.39 is 0 Å². The Morgan fingerprint density at radius 2 is 2.35 bits per heavy atom. The molecule has 1 fully saturated rings. The fraction of sp³-hybridized carbons (Fsp3) is 0.600. The largest absolute Gasteiger partial charge is 0.373 e. The first-order valence-electron chi connectivity index (χ1n) is 7.28. The summed E-state index contributed by atoms with van der Waals surface area (Å²) in [7, 11) is 0. The van der Waals surface area contributed by atoms with E-state index >= 15 is 0 Å². The Morgan fingerprint density at radius 3 is 3.00 bits per heavy atom. The smallest absolute Gasteiger partial charge is 0.191 e. The molecule has 1 aromatic heterocycles. The number of nitrogens with one attached hydrogen (secondary N) is 2. The van der Waals surface area contributed by atoms with Crippen LogP contribution < -0.4 is 10.6 Å². The Labute approximate surface area is 120 Å². The quantitative estimate of drug-likeness (QED) is 0.635. The molecule has 5 nitrogen and oxygen atoms in total. The van der Waals surface area contributed by atoms with Gasteiger partial charge in [0.15, 0.2) is 5.96 Å². The van der Waals surface area contributed by atoms with E-state index in [1.54, 1.807) is 6.20 Å². The third kappa shape index (κ3) is 4.49. The Balaban J connectivity index is 1.89. The highest BCUT2D eigenvalue weighted by Crippen LogP contribution is 2.23. The summed E-state index contributed by atoms with van der Waals surface area (Å²) in [6, 6.07) is 5.87. The normalized spacial score (nSPS) is 22.8. The van der Waals surface area contributed by atoms with Gasteiger partial charge in [0.25, 0.3) is 0 Å². The van der Waals surface area contributed by atoms with E-state index in [1.807, 2.05) is 18.2 Å². The van der Waals surface area contributed by atoms with Gasteiger partial charge in [0.1, 0.15) is 0 Å². The molecule has 2 rings (SSSR count). The lowest BCUT2D eigenvalue weighted by molar-refractivity contribution is 0.0243. The minimum atomic E-state index is -0.0683. The third-order valence-electron chi connectivity index (χ3n) is 3.40. The van der Waals surface area contributed by atoms with Gasteiger partial charge in [0, 0.05) is 25.9 Å². The lowest BCUT2D eigenvalue weighted by Crippen LogP contribution is -2.45. The van der Waals surface area contributed by atoms with E-state index in [0.29, 0.717) is 6.54 Å². The monoisotopic (exact) mass is 276 g/mol. The molecule has 5 heteroatoms. The molecule has 1 saturated heterocycles. The molecule has 1 unspecified atom stereocenters. The summed E-state index contributed by atoms with van der Waals surface area (Å²) < 4.78 is 5.77. The molecule has 1 aromatic rings. The van der Waals surface area contributed by atoms with E-state index in [1.165, 1.54) is 0 Å². The molecule has 1 aliphatic heterocycles. The van der Waals surface area contributed by atoms with E-state index in [2.05, 4.69) is 34.5 Å². The molecule has 0 aromatic carbocycles. The van der Waals surface area contributed by atoms with E-state index in [4.69, 9.17) is 4.74 Å². The number of hydrogen-bond donors (Lipinski definition) is 2. The third-order valence-corrected chi connectivity index (χ3v) is 3.40. The molecule has 0 aliphatic carbocycles. The van der Waals surface area contributed by atoms with Gasteiger partial charge < -0.3 is 15.4 Å². The molecule has 0 saturated carbocycles. The van der Waals surface area contributed by atoms with E-state index in [0.717, 1.165) is 44.2 Å². The molecule has 20 heavy (non-hydrogen) atoms. The van der Waals surface area contributed by atoms with Crippen molar-refractivity contribution in [2.24, 2.45) is 4.99 Å². The number of aliphatic imine (C=N–C) groups is 1. The average molecular weight is 276 g/mol. The van der Waals surface area contributed by atoms with Crippen LogP contribution in [0.4, 0.5) is 0 Å². The van der Waals surface area contributed by atoms with Crippen LogP contribution in [-0.2, 0) is 11.3 Å². The van der Waals surface area contributed by atoms with Crippen LogP contribution in [0.1, 0.15) is 32.4 Å². The van der Waals surface area contributed by atoms with Crippen LogP contribution in [0.5, 0.6) is 0 Å². The van der Waals surface area contributed by atoms with Crippen LogP contribution in [0.2, 0.25) is 0 Å². The molecular weight excluding hydrogens is 252 g/mol. The van der Waals surface area contributed by atoms with Crippen LogP contribution in [0.25, 0.3) is 0 Å². The number of aromatic nitrogens is 1. The van der Waals surface area contributed by atoms with Crippen LogP contribution in [0, 0.1) is 0 Å². The van der Waals surface area contributed by atoms with Crippen LogP contribution >= 0.6 is 0 Å². The molecule has 2 N–H and O–H groups in total. The number of hydrogen-bond acceptors (Lipinski definition) is 3. The minimum absolute atomic E-state index is 0.0683. The van der Waals surface area contributed by atoms with E-state index in [-0.39, 0.29) is 5.60 Å². The van der Waals surface area contributed by atoms with Crippen molar-refractivity contribution in [3.63, 3.8) is 0 Å². The van der Waals surface area contributed by atoms with Crippen molar-refractivity contribution in [1.29, 1.82) is 0 Å². The lowest BCUT2D eigenvalue weighted by atomic mass is 10.0. The van der Waals surface area contributed by atoms with Crippen molar-refractivity contribution in [2.75, 3.05) is 19.7 Å². The second-order valence-corrected chi connectivity index (χ2v) is 5.27. The summed E-state index contributed by atoms with van der Waals surface area (Å²) in [6.45, 7) is 7.27. The molecule has 110 valence electrons. The minimum Gasteiger partial charge on any atom is -0.373 e. The summed E-state index contributed by atoms with van der Waals surface area (Å²) >= 11 is 0. The zero-order chi connectivity index (χ0) is 14.3. The predicted octanol–water partition coefficient (Wildman–Crippen LogP) is 1.71. The highest BCUT2D eigenvalue weighted by Gasteiger charge is 2.29. The van der Waals surface area contributed by atoms with Crippen molar-refractivity contribution in [3.8, 4) is 0 Å². The highest BCUT2D eigenvalue weighted by molar-refractivity contribution is 5.79. The van der Waals surface area contributed by atoms with Crippen LogP contribution in [0.3, 0.4) is 0 Å². The SMILES string of the molecule is CCNC(=NCc1ccccn1)NCC1(C)CCCO1. The van der Waals surface area contributed by atoms with Gasteiger partial charge >= 0.3 is 0 Å². The van der Waals surface area contributed by atoms with Gasteiger partial charge in [-0.3, -0.25) is 4.98 Å². The van der Waals surface area contributed by atoms with Crippen molar-refractivity contribution in [1.82, 2.24) is 15.6 Å². The molecule has 0 radical (unpaired) electrons. The van der Waals surface area contributed by atoms with Crippen LogP contribution in [-0.4, -0.2) is 36.2 Å². The van der Waals surface area contributed by atoms with Gasteiger partial charge in [-0.1, -0.05) is 6.07 Å². The van der Waals surface area contributed by atoms with Gasteiger partial charge in [-0.05, 0) is 38.8 Å². The first kappa shape index (κ1) is 14.8. The van der Waals surface area contributed by atoms with Gasteiger partial charge in [-0.15, -0.1) is 0 Å². The van der Waals surface area contributed by atoms with Gasteiger partial charge in [-0.25, -0.2) is 4.99 Å². The fourth-order valence-electron chi connectivity index (χ4n) is 2.24. The van der Waals surface area contributed by atoms with Crippen molar-refractivity contribution in [3.05, 3.63) is 30.1 Å². The van der Waals surface area contributed by atoms with Gasteiger partial charge in [0.2, 0.25) is 0 Å². The summed E-state index contributed by atoms with van der Waals surface area (Å²) in [5, 5.41) is 6.61. The Morgan fingerprint density at radius 1 is 1.45 bits per heavy atom.